The molecule has 30 rings (SSSR count). The Kier molecular flexibility index (Phi) is 20.6. The van der Waals surface area contributed by atoms with Crippen molar-refractivity contribution in [2.24, 2.45) is 0 Å². The lowest BCUT2D eigenvalue weighted by atomic mass is 9.83. The third-order valence-corrected chi connectivity index (χ3v) is 29.8. The van der Waals surface area contributed by atoms with Crippen LogP contribution in [0.25, 0.3) is 291 Å². The van der Waals surface area contributed by atoms with Crippen LogP contribution in [0.4, 0.5) is 0 Å². The van der Waals surface area contributed by atoms with Crippen molar-refractivity contribution in [2.75, 3.05) is 0 Å². The van der Waals surface area contributed by atoms with Crippen LogP contribution in [-0.4, -0.2) is 9.55 Å². The zero-order valence-electron chi connectivity index (χ0n) is 79.4. The van der Waals surface area contributed by atoms with E-state index in [1.54, 1.807) is 0 Å². The number of hydrogen-bond acceptors (Lipinski definition) is 4. The minimum absolute atomic E-state index is 0.866. The Morgan fingerprint density at radius 3 is 0.925 bits per heavy atom. The number of rotatable bonds is 12. The Morgan fingerprint density at radius 2 is 0.459 bits per heavy atom. The summed E-state index contributed by atoms with van der Waals surface area (Å²) in [4.78, 5) is 4.83. The normalized spacial score (nSPS) is 11.7. The van der Waals surface area contributed by atoms with Crippen LogP contribution < -0.4 is 0 Å². The predicted octanol–water partition coefficient (Wildman–Crippen LogP) is 39.7. The van der Waals surface area contributed by atoms with E-state index in [1.165, 1.54) is 175 Å². The number of hydrogen-bond donors (Lipinski definition) is 0. The molecule has 680 valence electrons. The molecule has 5 heterocycles. The Balaban J connectivity index is 0.000000106. The second-order valence-corrected chi connectivity index (χ2v) is 37.8. The van der Waals surface area contributed by atoms with Crippen LogP contribution in [0.3, 0.4) is 0 Å². The van der Waals surface area contributed by atoms with Gasteiger partial charge in [0.1, 0.15) is 33.5 Å². The topological polar surface area (TPSA) is 57.2 Å². The largest absolute Gasteiger partial charge is 0.456 e. The van der Waals surface area contributed by atoms with E-state index in [1.807, 2.05) is 30.5 Å². The standard InChI is InChI=1S/C50H31NO.C48H30O.C43H27NO/c1-2-15-32(16-3-1)47-38-21-4-6-23-40(38)48(41-24-7-5-22-39(41)47)34-18-14-17-33(31-34)35-29-30-46-49(42-25-10-13-28-45(42)52-46)50(35)51-43-26-11-8-19-36(43)37-20-9-12-27-44(37)51;1-3-15-31(16-4-1)33-25-13-27-43-47-37(26-14-28-44(47)49-48(33)43)36-29-30-42(35-20-8-7-19-34(35)36)46-40-23-11-9-21-38(40)45(32-17-5-2-6-18-32)39-22-10-12-24-41(39)46;1-2-13-28(14-3-1)40-32-17-4-6-19-34(32)41(35-20-7-5-18-33(35)40)30-16-12-15-29(27-30)31-24-25-39-43(36-21-8-9-23-38(36)45-39)42(31)37-22-10-11-26-44-37/h1-31H;1-30H;1-27H. The number of benzene rings is 25. The van der Waals surface area contributed by atoms with Crippen molar-refractivity contribution in [1.82, 2.24) is 9.55 Å². The summed E-state index contributed by atoms with van der Waals surface area (Å²) in [5, 5.41) is 26.7. The second-order valence-electron chi connectivity index (χ2n) is 37.8. The van der Waals surface area contributed by atoms with Crippen molar-refractivity contribution >= 4 is 163 Å². The first kappa shape index (κ1) is 84.7. The summed E-state index contributed by atoms with van der Waals surface area (Å²) in [6.45, 7) is 0. The van der Waals surface area contributed by atoms with Gasteiger partial charge in [-0.2, -0.15) is 0 Å². The number of pyridine rings is 1. The van der Waals surface area contributed by atoms with E-state index in [0.717, 1.165) is 116 Å². The van der Waals surface area contributed by atoms with Crippen LogP contribution in [-0.2, 0) is 0 Å². The highest BCUT2D eigenvalue weighted by Gasteiger charge is 2.29. The first-order valence-electron chi connectivity index (χ1n) is 50.0. The average Bonchev–Trinajstić information content (AvgIpc) is 1.49. The van der Waals surface area contributed by atoms with Gasteiger partial charge < -0.3 is 17.8 Å². The van der Waals surface area contributed by atoms with Crippen molar-refractivity contribution in [3.8, 4) is 128 Å². The van der Waals surface area contributed by atoms with Gasteiger partial charge in [-0.25, -0.2) is 0 Å². The van der Waals surface area contributed by atoms with Crippen LogP contribution in [0.2, 0.25) is 0 Å². The zero-order valence-corrected chi connectivity index (χ0v) is 79.4. The molecule has 0 N–H and O–H groups in total. The number of furan rings is 3. The van der Waals surface area contributed by atoms with Crippen LogP contribution in [0, 0.1) is 0 Å². The van der Waals surface area contributed by atoms with E-state index in [2.05, 4.69) is 508 Å². The van der Waals surface area contributed by atoms with Crippen LogP contribution in [0.15, 0.2) is 547 Å². The van der Waals surface area contributed by atoms with Gasteiger partial charge in [-0.1, -0.05) is 449 Å². The van der Waals surface area contributed by atoms with Gasteiger partial charge in [0.2, 0.25) is 0 Å². The molecule has 0 saturated carbocycles. The summed E-state index contributed by atoms with van der Waals surface area (Å²) in [5.41, 5.74) is 35.0. The third-order valence-electron chi connectivity index (χ3n) is 29.8. The molecule has 0 aliphatic rings. The molecule has 0 radical (unpaired) electrons. The van der Waals surface area contributed by atoms with E-state index in [4.69, 9.17) is 18.2 Å². The first-order valence-corrected chi connectivity index (χ1v) is 50.0. The Labute approximate surface area is 841 Å². The summed E-state index contributed by atoms with van der Waals surface area (Å²) in [5.74, 6) is 0. The molecule has 0 unspecified atom stereocenters. The quantitative estimate of drug-likeness (QED) is 0.114. The van der Waals surface area contributed by atoms with Gasteiger partial charge in [-0.3, -0.25) is 4.98 Å². The van der Waals surface area contributed by atoms with E-state index < -0.39 is 0 Å². The summed E-state index contributed by atoms with van der Waals surface area (Å²) in [6.07, 6.45) is 1.86. The minimum Gasteiger partial charge on any atom is -0.456 e. The molecule has 5 aromatic heterocycles. The van der Waals surface area contributed by atoms with E-state index in [-0.39, 0.29) is 0 Å². The fraction of sp³-hybridized carbons (Fsp3) is 0. The van der Waals surface area contributed by atoms with Crippen molar-refractivity contribution in [3.63, 3.8) is 0 Å². The maximum absolute atomic E-state index is 6.65. The maximum Gasteiger partial charge on any atom is 0.143 e. The second kappa shape index (κ2) is 35.5. The minimum atomic E-state index is 0.866. The van der Waals surface area contributed by atoms with Gasteiger partial charge in [0.25, 0.3) is 0 Å². The Hall–Kier alpha value is -19.3. The molecule has 5 heteroatoms. The molecule has 0 fully saturated rings. The molecule has 0 bridgehead atoms. The molecular weight excluding hydrogens is 1770 g/mol. The summed E-state index contributed by atoms with van der Waals surface area (Å²) < 4.78 is 21.9. The predicted molar refractivity (Wildman–Crippen MR) is 616 cm³/mol. The van der Waals surface area contributed by atoms with Gasteiger partial charge in [-0.15, -0.1) is 0 Å². The third kappa shape index (κ3) is 14.0. The lowest BCUT2D eigenvalue weighted by molar-refractivity contribution is 0.668. The zero-order chi connectivity index (χ0) is 96.2. The number of nitrogens with zero attached hydrogens (tertiary/aromatic N) is 2. The van der Waals surface area contributed by atoms with E-state index in [9.17, 15) is 0 Å². The number of para-hydroxylation sites is 5. The highest BCUT2D eigenvalue weighted by Crippen LogP contribution is 2.54. The fourth-order valence-electron chi connectivity index (χ4n) is 23.7. The van der Waals surface area contributed by atoms with Gasteiger partial charge in [0.05, 0.1) is 27.8 Å². The molecule has 25 aromatic carbocycles. The smallest absolute Gasteiger partial charge is 0.143 e. The fourth-order valence-corrected chi connectivity index (χ4v) is 23.7. The van der Waals surface area contributed by atoms with Gasteiger partial charge in [0, 0.05) is 60.6 Å². The highest BCUT2D eigenvalue weighted by molar-refractivity contribution is 6.28. The lowest BCUT2D eigenvalue weighted by Crippen LogP contribution is -1.98. The molecule has 0 atom stereocenters. The molecule has 0 spiro atoms. The van der Waals surface area contributed by atoms with Crippen LogP contribution >= 0.6 is 0 Å². The average molecular weight is 1860 g/mol. The monoisotopic (exact) mass is 1860 g/mol. The maximum atomic E-state index is 6.65. The Morgan fingerprint density at radius 1 is 0.151 bits per heavy atom. The van der Waals surface area contributed by atoms with Crippen LogP contribution in [0.5, 0.6) is 0 Å². The first-order chi connectivity index (χ1) is 72.5. The Bertz CT molecular complexity index is 10200. The van der Waals surface area contributed by atoms with Crippen molar-refractivity contribution in [2.45, 2.75) is 0 Å². The number of fused-ring (bicyclic) bond motifs is 19. The summed E-state index contributed by atoms with van der Waals surface area (Å²) in [7, 11) is 0. The van der Waals surface area contributed by atoms with Crippen molar-refractivity contribution < 1.29 is 13.3 Å². The molecule has 0 saturated heterocycles. The summed E-state index contributed by atoms with van der Waals surface area (Å²) in [6, 6.07) is 190. The lowest BCUT2D eigenvalue weighted by Gasteiger charge is -2.19. The number of aromatic nitrogens is 2. The van der Waals surface area contributed by atoms with Crippen molar-refractivity contribution in [1.29, 1.82) is 0 Å². The van der Waals surface area contributed by atoms with E-state index in [0.29, 0.717) is 0 Å². The van der Waals surface area contributed by atoms with Gasteiger partial charge in [0.15, 0.2) is 0 Å². The van der Waals surface area contributed by atoms with Gasteiger partial charge in [-0.05, 0) is 254 Å². The molecule has 30 aromatic rings. The summed E-state index contributed by atoms with van der Waals surface area (Å²) >= 11 is 0. The van der Waals surface area contributed by atoms with E-state index >= 15 is 0 Å². The van der Waals surface area contributed by atoms with Gasteiger partial charge >= 0.3 is 0 Å². The molecular formula is C141H88N2O3. The molecule has 146 heavy (non-hydrogen) atoms. The van der Waals surface area contributed by atoms with Crippen molar-refractivity contribution in [3.05, 3.63) is 534 Å². The molecule has 0 aliphatic heterocycles. The molecule has 5 nitrogen and oxygen atoms in total. The van der Waals surface area contributed by atoms with Crippen LogP contribution in [0.1, 0.15) is 0 Å². The molecule has 0 aliphatic carbocycles. The SMILES string of the molecule is c1ccc(-c2c3ccccc3c(-c3ccc(-c4cccc5oc6c(-c7ccccc7)cccc6c45)c4ccccc34)c3ccccc23)cc1.c1ccc(-c2c3ccccc3c(-c3cccc(-c4ccc5oc6ccccc6c5c4-c4ccccn4)c3)c3ccccc23)cc1.c1ccc(-c2c3ccccc3c(-c3cccc(-c4ccc5oc6ccccc6c5c4-n4c5ccccc5c5ccccc54)c3)c3ccccc23)cc1. The highest BCUT2D eigenvalue weighted by atomic mass is 16.3. The molecule has 0 amide bonds.